The zero-order valence-electron chi connectivity index (χ0n) is 12.5. The Morgan fingerprint density at radius 2 is 2.09 bits per heavy atom. The van der Waals surface area contributed by atoms with Gasteiger partial charge < -0.3 is 5.11 Å². The minimum absolute atomic E-state index is 0.0290. The van der Waals surface area contributed by atoms with Crippen LogP contribution >= 0.6 is 11.3 Å². The van der Waals surface area contributed by atoms with Crippen LogP contribution in [0, 0.1) is 11.3 Å². The number of carboxylic acid groups (broad SMARTS) is 1. The minimum atomic E-state index is -0.791. The molecule has 0 fully saturated rings. The number of hydrogen-bond acceptors (Lipinski definition) is 4. The summed E-state index contributed by atoms with van der Waals surface area (Å²) in [4.78, 5) is 16.3. The summed E-state index contributed by atoms with van der Waals surface area (Å²) in [5.41, 5.74) is 2.63. The number of aromatic nitrogens is 1. The number of nitriles is 1. The SMILES string of the molecule is CC(CC(=O)O)c1cc2cncc(-c3ccc(C#N)cc3)c2s1. The van der Waals surface area contributed by atoms with E-state index in [1.165, 1.54) is 0 Å². The second-order valence-electron chi connectivity index (χ2n) is 5.44. The van der Waals surface area contributed by atoms with Crippen LogP contribution in [0.1, 0.15) is 29.7 Å². The third kappa shape index (κ3) is 3.08. The first-order valence-corrected chi connectivity index (χ1v) is 8.00. The van der Waals surface area contributed by atoms with Crippen molar-refractivity contribution in [1.82, 2.24) is 4.98 Å². The molecule has 5 heteroatoms. The van der Waals surface area contributed by atoms with Gasteiger partial charge in [-0.1, -0.05) is 19.1 Å². The van der Waals surface area contributed by atoms with Crippen LogP contribution in [0.3, 0.4) is 0 Å². The number of thiophene rings is 1. The molecule has 0 spiro atoms. The predicted octanol–water partition coefficient (Wildman–Crippen LogP) is 4.41. The molecule has 3 aromatic rings. The van der Waals surface area contributed by atoms with Gasteiger partial charge in [0.2, 0.25) is 0 Å². The Balaban J connectivity index is 2.06. The van der Waals surface area contributed by atoms with Crippen molar-refractivity contribution in [1.29, 1.82) is 5.26 Å². The van der Waals surface area contributed by atoms with Gasteiger partial charge in [-0.05, 0) is 23.8 Å². The van der Waals surface area contributed by atoms with Gasteiger partial charge in [0.15, 0.2) is 0 Å². The number of carbonyl (C=O) groups is 1. The number of nitrogens with zero attached hydrogens (tertiary/aromatic N) is 2. The fraction of sp³-hybridized carbons (Fsp3) is 0.167. The van der Waals surface area contributed by atoms with Crippen LogP contribution in [-0.2, 0) is 4.79 Å². The Kier molecular flexibility index (Phi) is 4.09. The van der Waals surface area contributed by atoms with Crippen molar-refractivity contribution in [3.8, 4) is 17.2 Å². The van der Waals surface area contributed by atoms with Crippen molar-refractivity contribution in [2.24, 2.45) is 0 Å². The molecule has 1 aromatic carbocycles. The van der Waals surface area contributed by atoms with E-state index in [1.807, 2.05) is 31.3 Å². The molecule has 114 valence electrons. The number of rotatable bonds is 4. The Bertz CT molecular complexity index is 907. The van der Waals surface area contributed by atoms with E-state index in [4.69, 9.17) is 10.4 Å². The molecule has 2 heterocycles. The first-order chi connectivity index (χ1) is 11.1. The summed E-state index contributed by atoms with van der Waals surface area (Å²) in [7, 11) is 0. The summed E-state index contributed by atoms with van der Waals surface area (Å²) in [6.45, 7) is 1.92. The van der Waals surface area contributed by atoms with E-state index in [2.05, 4.69) is 11.1 Å². The minimum Gasteiger partial charge on any atom is -0.481 e. The second kappa shape index (κ2) is 6.19. The maximum Gasteiger partial charge on any atom is 0.303 e. The van der Waals surface area contributed by atoms with Gasteiger partial charge in [0, 0.05) is 38.8 Å². The molecule has 0 radical (unpaired) electrons. The van der Waals surface area contributed by atoms with Gasteiger partial charge in [-0.2, -0.15) is 5.26 Å². The van der Waals surface area contributed by atoms with E-state index >= 15 is 0 Å². The van der Waals surface area contributed by atoms with Gasteiger partial charge in [-0.15, -0.1) is 11.3 Å². The molecule has 0 aliphatic carbocycles. The first-order valence-electron chi connectivity index (χ1n) is 7.18. The molecule has 2 aromatic heterocycles. The summed E-state index contributed by atoms with van der Waals surface area (Å²) in [6.07, 6.45) is 3.73. The molecular weight excluding hydrogens is 308 g/mol. The van der Waals surface area contributed by atoms with Crippen molar-refractivity contribution in [2.45, 2.75) is 19.3 Å². The van der Waals surface area contributed by atoms with Gasteiger partial charge in [0.05, 0.1) is 18.1 Å². The zero-order chi connectivity index (χ0) is 16.4. The van der Waals surface area contributed by atoms with Crippen molar-refractivity contribution in [3.63, 3.8) is 0 Å². The van der Waals surface area contributed by atoms with E-state index in [1.54, 1.807) is 29.7 Å². The molecule has 0 amide bonds. The Morgan fingerprint density at radius 1 is 1.35 bits per heavy atom. The van der Waals surface area contributed by atoms with Crippen molar-refractivity contribution < 1.29 is 9.90 Å². The predicted molar refractivity (Wildman–Crippen MR) is 90.4 cm³/mol. The van der Waals surface area contributed by atoms with Gasteiger partial charge in [0.25, 0.3) is 0 Å². The first kappa shape index (κ1) is 15.2. The molecule has 0 aliphatic rings. The lowest BCUT2D eigenvalue weighted by molar-refractivity contribution is -0.137. The fourth-order valence-corrected chi connectivity index (χ4v) is 3.73. The summed E-state index contributed by atoms with van der Waals surface area (Å²) >= 11 is 1.61. The van der Waals surface area contributed by atoms with Crippen LogP contribution in [0.25, 0.3) is 21.2 Å². The highest BCUT2D eigenvalue weighted by molar-refractivity contribution is 7.19. The van der Waals surface area contributed by atoms with Crippen LogP contribution in [0.2, 0.25) is 0 Å². The lowest BCUT2D eigenvalue weighted by Crippen LogP contribution is -2.00. The van der Waals surface area contributed by atoms with Crippen LogP contribution in [0.5, 0.6) is 0 Å². The highest BCUT2D eigenvalue weighted by Gasteiger charge is 2.15. The van der Waals surface area contributed by atoms with Gasteiger partial charge in [-0.25, -0.2) is 0 Å². The zero-order valence-corrected chi connectivity index (χ0v) is 13.3. The van der Waals surface area contributed by atoms with Crippen molar-refractivity contribution >= 4 is 27.4 Å². The maximum absolute atomic E-state index is 10.9. The topological polar surface area (TPSA) is 74.0 Å². The van der Waals surface area contributed by atoms with Crippen LogP contribution in [-0.4, -0.2) is 16.1 Å². The molecule has 0 bridgehead atoms. The van der Waals surface area contributed by atoms with Gasteiger partial charge in [0.1, 0.15) is 0 Å². The Hall–Kier alpha value is -2.71. The summed E-state index contributed by atoms with van der Waals surface area (Å²) in [6, 6.07) is 11.5. The van der Waals surface area contributed by atoms with E-state index in [0.717, 1.165) is 26.1 Å². The summed E-state index contributed by atoms with van der Waals surface area (Å²) in [5, 5.41) is 18.9. The fourth-order valence-electron chi connectivity index (χ4n) is 2.52. The maximum atomic E-state index is 10.9. The van der Waals surface area contributed by atoms with Gasteiger partial charge >= 0.3 is 5.97 Å². The second-order valence-corrected chi connectivity index (χ2v) is 6.53. The molecule has 0 saturated carbocycles. The van der Waals surface area contributed by atoms with Crippen molar-refractivity contribution in [3.05, 3.63) is 53.2 Å². The third-order valence-corrected chi connectivity index (χ3v) is 5.15. The van der Waals surface area contributed by atoms with E-state index < -0.39 is 5.97 Å². The lowest BCUT2D eigenvalue weighted by atomic mass is 10.0. The number of aliphatic carboxylic acids is 1. The highest BCUT2D eigenvalue weighted by Crippen LogP contribution is 2.37. The molecular formula is C18H14N2O2S. The average Bonchev–Trinajstić information content (AvgIpc) is 2.98. The van der Waals surface area contributed by atoms with E-state index in [0.29, 0.717) is 5.56 Å². The largest absolute Gasteiger partial charge is 0.481 e. The summed E-state index contributed by atoms with van der Waals surface area (Å²) in [5.74, 6) is -0.820. The third-order valence-electron chi connectivity index (χ3n) is 3.73. The number of benzene rings is 1. The number of hydrogen-bond donors (Lipinski definition) is 1. The number of fused-ring (bicyclic) bond motifs is 1. The number of carboxylic acids is 1. The molecule has 0 saturated heterocycles. The lowest BCUT2D eigenvalue weighted by Gasteiger charge is -2.04. The van der Waals surface area contributed by atoms with Gasteiger partial charge in [-0.3, -0.25) is 9.78 Å². The summed E-state index contributed by atoms with van der Waals surface area (Å²) < 4.78 is 1.09. The average molecular weight is 322 g/mol. The molecule has 3 rings (SSSR count). The van der Waals surface area contributed by atoms with Crippen molar-refractivity contribution in [2.75, 3.05) is 0 Å². The molecule has 23 heavy (non-hydrogen) atoms. The molecule has 1 atom stereocenters. The molecule has 1 unspecified atom stereocenters. The Labute approximate surface area is 137 Å². The quantitative estimate of drug-likeness (QED) is 0.772. The van der Waals surface area contributed by atoms with Crippen LogP contribution in [0.4, 0.5) is 0 Å². The smallest absolute Gasteiger partial charge is 0.303 e. The monoisotopic (exact) mass is 322 g/mol. The van der Waals surface area contributed by atoms with Crippen LogP contribution in [0.15, 0.2) is 42.7 Å². The number of pyridine rings is 1. The Morgan fingerprint density at radius 3 is 2.74 bits per heavy atom. The van der Waals surface area contributed by atoms with Crippen LogP contribution < -0.4 is 0 Å². The standard InChI is InChI=1S/C18H14N2O2S/c1-11(6-17(21)22)16-7-14-9-20-10-15(18(14)23-16)13-4-2-12(8-19)3-5-13/h2-5,7,9-11H,6H2,1H3,(H,21,22). The normalized spacial score (nSPS) is 12.0. The van der Waals surface area contributed by atoms with E-state index in [9.17, 15) is 4.79 Å². The van der Waals surface area contributed by atoms with E-state index in [-0.39, 0.29) is 12.3 Å². The molecule has 0 aliphatic heterocycles. The highest BCUT2D eigenvalue weighted by atomic mass is 32.1. The molecule has 4 nitrogen and oxygen atoms in total. The molecule has 1 N–H and O–H groups in total.